The van der Waals surface area contributed by atoms with Crippen LogP contribution in [0, 0.1) is 0 Å². The van der Waals surface area contributed by atoms with E-state index < -0.39 is 11.6 Å². The fraction of sp³-hybridized carbons (Fsp3) is 0.381. The van der Waals surface area contributed by atoms with Crippen molar-refractivity contribution in [2.45, 2.75) is 19.0 Å². The second-order valence-corrected chi connectivity index (χ2v) is 9.09. The van der Waals surface area contributed by atoms with Gasteiger partial charge in [-0.05, 0) is 36.1 Å². The van der Waals surface area contributed by atoms with Crippen LogP contribution in [0.5, 0.6) is 0 Å². The zero-order valence-electron chi connectivity index (χ0n) is 16.6. The summed E-state index contributed by atoms with van der Waals surface area (Å²) >= 11 is 7.45. The molecule has 4 rings (SSSR count). The van der Waals surface area contributed by atoms with Crippen LogP contribution in [0.25, 0.3) is 0 Å². The molecule has 2 aliphatic rings. The smallest absolute Gasteiger partial charge is 0.325 e. The molecule has 2 aliphatic heterocycles. The fourth-order valence-corrected chi connectivity index (χ4v) is 4.90. The van der Waals surface area contributed by atoms with Crippen molar-refractivity contribution in [3.63, 3.8) is 0 Å². The van der Waals surface area contributed by atoms with Crippen molar-refractivity contribution in [3.05, 3.63) is 57.2 Å². The Bertz CT molecular complexity index is 959. The van der Waals surface area contributed by atoms with E-state index in [0.29, 0.717) is 18.1 Å². The summed E-state index contributed by atoms with van der Waals surface area (Å²) in [4.78, 5) is 43.8. The van der Waals surface area contributed by atoms with Crippen LogP contribution in [-0.2, 0) is 21.7 Å². The number of carbonyl (C=O) groups excluding carboxylic acids is 3. The molecule has 0 spiro atoms. The minimum Gasteiger partial charge on any atom is -0.339 e. The number of rotatable bonds is 5. The molecule has 9 heteroatoms. The molecule has 2 saturated heterocycles. The first-order valence-corrected chi connectivity index (χ1v) is 11.1. The second kappa shape index (κ2) is 8.37. The van der Waals surface area contributed by atoms with Gasteiger partial charge in [0.2, 0.25) is 5.91 Å². The summed E-state index contributed by atoms with van der Waals surface area (Å²) in [7, 11) is 0. The van der Waals surface area contributed by atoms with Crippen molar-refractivity contribution < 1.29 is 14.4 Å². The molecule has 30 heavy (non-hydrogen) atoms. The zero-order chi connectivity index (χ0) is 21.3. The molecule has 1 atom stereocenters. The quantitative estimate of drug-likeness (QED) is 0.716. The molecule has 7 nitrogen and oxygen atoms in total. The number of hydrogen-bond acceptors (Lipinski definition) is 5. The number of thiophene rings is 1. The van der Waals surface area contributed by atoms with Crippen molar-refractivity contribution in [3.8, 4) is 0 Å². The Morgan fingerprint density at radius 1 is 1.17 bits per heavy atom. The lowest BCUT2D eigenvalue weighted by Gasteiger charge is -2.35. The molecule has 1 unspecified atom stereocenters. The predicted molar refractivity (Wildman–Crippen MR) is 115 cm³/mol. The Hall–Kier alpha value is -2.42. The highest BCUT2D eigenvalue weighted by Crippen LogP contribution is 2.31. The molecule has 158 valence electrons. The molecular weight excluding hydrogens is 424 g/mol. The van der Waals surface area contributed by atoms with Gasteiger partial charge in [-0.2, -0.15) is 0 Å². The van der Waals surface area contributed by atoms with Crippen molar-refractivity contribution in [1.29, 1.82) is 0 Å². The average Bonchev–Trinajstić information content (AvgIpc) is 3.33. The monoisotopic (exact) mass is 446 g/mol. The number of hydrogen-bond donors (Lipinski definition) is 1. The van der Waals surface area contributed by atoms with Crippen LogP contribution in [0.3, 0.4) is 0 Å². The third-order valence-corrected chi connectivity index (χ3v) is 6.93. The summed E-state index contributed by atoms with van der Waals surface area (Å²) in [6.07, 6.45) is 0. The van der Waals surface area contributed by atoms with E-state index in [-0.39, 0.29) is 18.4 Å². The molecule has 1 aromatic heterocycles. The van der Waals surface area contributed by atoms with E-state index in [0.717, 1.165) is 35.0 Å². The number of piperazine rings is 1. The maximum Gasteiger partial charge on any atom is 0.325 e. The summed E-state index contributed by atoms with van der Waals surface area (Å²) in [6, 6.07) is 10.9. The molecule has 2 fully saturated rings. The summed E-state index contributed by atoms with van der Waals surface area (Å²) in [5, 5.41) is 5.31. The Balaban J connectivity index is 1.33. The van der Waals surface area contributed by atoms with Crippen LogP contribution in [0.1, 0.15) is 17.4 Å². The number of carbonyl (C=O) groups is 3. The molecule has 1 N–H and O–H groups in total. The molecule has 4 amide bonds. The standard InChI is InChI=1S/C21H23ClN4O3S/c1-21(17-6-3-11-30-17)19(28)26(20(29)23-21)14-18(27)25-9-7-24(8-10-25)13-15-4-2-5-16(22)12-15/h2-6,11-12H,7-10,13-14H2,1H3,(H,23,29). The Morgan fingerprint density at radius 2 is 1.93 bits per heavy atom. The summed E-state index contributed by atoms with van der Waals surface area (Å²) in [5.74, 6) is -0.598. The highest BCUT2D eigenvalue weighted by Gasteiger charge is 2.50. The van der Waals surface area contributed by atoms with Gasteiger partial charge in [0.1, 0.15) is 6.54 Å². The number of halogens is 1. The van der Waals surface area contributed by atoms with Gasteiger partial charge in [0.05, 0.1) is 0 Å². The summed E-state index contributed by atoms with van der Waals surface area (Å²) < 4.78 is 0. The van der Waals surface area contributed by atoms with Gasteiger partial charge in [0, 0.05) is 42.6 Å². The lowest BCUT2D eigenvalue weighted by Crippen LogP contribution is -2.51. The normalized spacial score (nSPS) is 22.5. The third kappa shape index (κ3) is 4.08. The molecule has 3 heterocycles. The molecule has 0 bridgehead atoms. The van der Waals surface area contributed by atoms with E-state index in [4.69, 9.17) is 11.6 Å². The Kier molecular flexibility index (Phi) is 5.81. The lowest BCUT2D eigenvalue weighted by atomic mass is 10.0. The van der Waals surface area contributed by atoms with E-state index in [9.17, 15) is 14.4 Å². The average molecular weight is 447 g/mol. The molecule has 2 aromatic rings. The van der Waals surface area contributed by atoms with E-state index in [1.165, 1.54) is 11.3 Å². The summed E-state index contributed by atoms with van der Waals surface area (Å²) in [5.41, 5.74) is 0.0238. The molecule has 1 aromatic carbocycles. The van der Waals surface area contributed by atoms with E-state index in [2.05, 4.69) is 10.2 Å². The highest BCUT2D eigenvalue weighted by atomic mass is 35.5. The van der Waals surface area contributed by atoms with Gasteiger partial charge >= 0.3 is 6.03 Å². The first-order valence-electron chi connectivity index (χ1n) is 9.79. The predicted octanol–water partition coefficient (Wildman–Crippen LogP) is 2.51. The van der Waals surface area contributed by atoms with Gasteiger partial charge in [0.25, 0.3) is 5.91 Å². The van der Waals surface area contributed by atoms with Gasteiger partial charge in [-0.1, -0.05) is 29.8 Å². The number of nitrogens with zero attached hydrogens (tertiary/aromatic N) is 3. The van der Waals surface area contributed by atoms with Crippen molar-refractivity contribution in [2.75, 3.05) is 32.7 Å². The second-order valence-electron chi connectivity index (χ2n) is 7.71. The molecular formula is C21H23ClN4O3S. The van der Waals surface area contributed by atoms with Gasteiger partial charge < -0.3 is 10.2 Å². The van der Waals surface area contributed by atoms with Crippen molar-refractivity contribution >= 4 is 40.8 Å². The lowest BCUT2D eigenvalue weighted by molar-refractivity contribution is -0.139. The van der Waals surface area contributed by atoms with Crippen LogP contribution < -0.4 is 5.32 Å². The third-order valence-electron chi connectivity index (χ3n) is 5.60. The highest BCUT2D eigenvalue weighted by molar-refractivity contribution is 7.10. The SMILES string of the molecule is CC1(c2cccs2)NC(=O)N(CC(=O)N2CCN(Cc3cccc(Cl)c3)CC2)C1=O. The number of urea groups is 1. The molecule has 0 radical (unpaired) electrons. The van der Waals surface area contributed by atoms with Gasteiger partial charge in [-0.3, -0.25) is 19.4 Å². The van der Waals surface area contributed by atoms with E-state index >= 15 is 0 Å². The van der Waals surface area contributed by atoms with E-state index in [1.807, 2.05) is 41.8 Å². The van der Waals surface area contributed by atoms with Crippen molar-refractivity contribution in [2.24, 2.45) is 0 Å². The summed E-state index contributed by atoms with van der Waals surface area (Å²) in [6.45, 7) is 4.79. The minimum absolute atomic E-state index is 0.212. The first-order chi connectivity index (χ1) is 14.4. The topological polar surface area (TPSA) is 73.0 Å². The van der Waals surface area contributed by atoms with Gasteiger partial charge in [-0.15, -0.1) is 11.3 Å². The van der Waals surface area contributed by atoms with Crippen LogP contribution >= 0.6 is 22.9 Å². The molecule has 0 saturated carbocycles. The maximum atomic E-state index is 12.9. The Labute approximate surface area is 184 Å². The van der Waals surface area contributed by atoms with Crippen molar-refractivity contribution in [1.82, 2.24) is 20.0 Å². The van der Waals surface area contributed by atoms with E-state index in [1.54, 1.807) is 11.8 Å². The number of imide groups is 1. The van der Waals surface area contributed by atoms with Crippen LogP contribution in [-0.4, -0.2) is 65.3 Å². The maximum absolute atomic E-state index is 12.9. The van der Waals surface area contributed by atoms with Gasteiger partial charge in [0.15, 0.2) is 5.54 Å². The van der Waals surface area contributed by atoms with Gasteiger partial charge in [-0.25, -0.2) is 4.79 Å². The Morgan fingerprint density at radius 3 is 2.60 bits per heavy atom. The first kappa shape index (κ1) is 20.8. The zero-order valence-corrected chi connectivity index (χ0v) is 18.2. The number of amides is 4. The van der Waals surface area contributed by atoms with Crippen LogP contribution in [0.15, 0.2) is 41.8 Å². The fourth-order valence-electron chi connectivity index (χ4n) is 3.85. The van der Waals surface area contributed by atoms with Crippen LogP contribution in [0.4, 0.5) is 4.79 Å². The van der Waals surface area contributed by atoms with Crippen LogP contribution in [0.2, 0.25) is 5.02 Å². The number of benzene rings is 1. The number of nitrogens with one attached hydrogen (secondary N) is 1. The minimum atomic E-state index is -1.11. The largest absolute Gasteiger partial charge is 0.339 e. The molecule has 0 aliphatic carbocycles.